The van der Waals surface area contributed by atoms with E-state index in [9.17, 15) is 4.79 Å². The summed E-state index contributed by atoms with van der Waals surface area (Å²) in [6.07, 6.45) is 2.69. The maximum absolute atomic E-state index is 11.4. The van der Waals surface area contributed by atoms with Crippen molar-refractivity contribution in [1.29, 1.82) is 0 Å². The molecule has 1 aromatic carbocycles. The number of hydrogen-bond donors (Lipinski definition) is 4. The third-order valence-electron chi connectivity index (χ3n) is 3.53. The van der Waals surface area contributed by atoms with Crippen LogP contribution in [-0.2, 0) is 4.74 Å². The van der Waals surface area contributed by atoms with Crippen LogP contribution in [0, 0.1) is 13.8 Å². The molecule has 0 saturated carbocycles. The predicted molar refractivity (Wildman–Crippen MR) is 99.1 cm³/mol. The molecule has 1 amide bonds. The van der Waals surface area contributed by atoms with Crippen LogP contribution in [0.4, 0.5) is 33.6 Å². The third kappa shape index (κ3) is 4.26. The molecule has 0 radical (unpaired) electrons. The van der Waals surface area contributed by atoms with Gasteiger partial charge in [-0.1, -0.05) is 6.07 Å². The first-order valence-electron chi connectivity index (χ1n) is 7.87. The van der Waals surface area contributed by atoms with Gasteiger partial charge in [0.2, 0.25) is 0 Å². The fourth-order valence-corrected chi connectivity index (χ4v) is 2.24. The number of methoxy groups -OCH3 is 1. The van der Waals surface area contributed by atoms with E-state index in [0.717, 1.165) is 16.9 Å². The first-order chi connectivity index (χ1) is 12.5. The van der Waals surface area contributed by atoms with E-state index in [2.05, 4.69) is 40.9 Å². The van der Waals surface area contributed by atoms with Gasteiger partial charge in [-0.3, -0.25) is 15.4 Å². The number of H-pyrrole nitrogens is 1. The first kappa shape index (κ1) is 17.2. The summed E-state index contributed by atoms with van der Waals surface area (Å²) in [5.74, 6) is 1.77. The maximum atomic E-state index is 11.4. The summed E-state index contributed by atoms with van der Waals surface area (Å²) in [6, 6.07) is 7.43. The van der Waals surface area contributed by atoms with Gasteiger partial charge in [0.25, 0.3) is 0 Å². The first-order valence-corrected chi connectivity index (χ1v) is 7.87. The molecule has 3 rings (SSSR count). The number of aromatic nitrogens is 4. The van der Waals surface area contributed by atoms with Gasteiger partial charge in [-0.15, -0.1) is 0 Å². The zero-order valence-electron chi connectivity index (χ0n) is 14.6. The fraction of sp³-hybridized carbons (Fsp3) is 0.176. The molecule has 4 N–H and O–H groups in total. The number of aromatic amines is 1. The number of carbonyl (C=O) groups is 1. The van der Waals surface area contributed by atoms with Crippen molar-refractivity contribution in [1.82, 2.24) is 20.2 Å². The number of hydrogen-bond acceptors (Lipinski definition) is 7. The molecule has 9 nitrogen and oxygen atoms in total. The van der Waals surface area contributed by atoms with Crippen molar-refractivity contribution >= 4 is 34.9 Å². The molecule has 0 spiro atoms. The van der Waals surface area contributed by atoms with Gasteiger partial charge < -0.3 is 15.4 Å². The van der Waals surface area contributed by atoms with E-state index in [-0.39, 0.29) is 0 Å². The van der Waals surface area contributed by atoms with Gasteiger partial charge in [0, 0.05) is 23.1 Å². The highest BCUT2D eigenvalue weighted by Crippen LogP contribution is 2.23. The SMILES string of the molecule is COC(=O)Nc1cc(Nc2cncc(Nc3cc(C)[nH]n3)n2)ccc1C. The molecule has 2 aromatic heterocycles. The second-order valence-electron chi connectivity index (χ2n) is 5.62. The molecule has 0 unspecified atom stereocenters. The Bertz CT molecular complexity index is 923. The summed E-state index contributed by atoms with van der Waals surface area (Å²) in [4.78, 5) is 20.1. The second-order valence-corrected chi connectivity index (χ2v) is 5.62. The largest absolute Gasteiger partial charge is 0.453 e. The third-order valence-corrected chi connectivity index (χ3v) is 3.53. The Hall–Kier alpha value is -3.62. The molecule has 134 valence electrons. The second kappa shape index (κ2) is 7.51. The summed E-state index contributed by atoms with van der Waals surface area (Å²) in [5.41, 5.74) is 3.26. The summed E-state index contributed by atoms with van der Waals surface area (Å²) in [5, 5.41) is 15.9. The van der Waals surface area contributed by atoms with Crippen molar-refractivity contribution < 1.29 is 9.53 Å². The van der Waals surface area contributed by atoms with E-state index in [1.165, 1.54) is 7.11 Å². The Morgan fingerprint density at radius 1 is 1.08 bits per heavy atom. The number of nitrogens with one attached hydrogen (secondary N) is 4. The van der Waals surface area contributed by atoms with Gasteiger partial charge >= 0.3 is 6.09 Å². The van der Waals surface area contributed by atoms with E-state index >= 15 is 0 Å². The molecule has 0 aliphatic heterocycles. The quantitative estimate of drug-likeness (QED) is 0.555. The molecule has 9 heteroatoms. The lowest BCUT2D eigenvalue weighted by Gasteiger charge is -2.11. The Balaban J connectivity index is 1.75. The van der Waals surface area contributed by atoms with E-state index in [1.807, 2.05) is 32.0 Å². The average Bonchev–Trinajstić information content (AvgIpc) is 3.03. The molecule has 26 heavy (non-hydrogen) atoms. The van der Waals surface area contributed by atoms with Crippen molar-refractivity contribution in [2.75, 3.05) is 23.1 Å². The van der Waals surface area contributed by atoms with E-state index < -0.39 is 6.09 Å². The van der Waals surface area contributed by atoms with Crippen LogP contribution < -0.4 is 16.0 Å². The van der Waals surface area contributed by atoms with Crippen molar-refractivity contribution in [3.8, 4) is 0 Å². The van der Waals surface area contributed by atoms with Gasteiger partial charge in [-0.25, -0.2) is 9.78 Å². The van der Waals surface area contributed by atoms with Crippen molar-refractivity contribution in [3.63, 3.8) is 0 Å². The van der Waals surface area contributed by atoms with Crippen LogP contribution in [0.2, 0.25) is 0 Å². The number of carbonyl (C=O) groups excluding carboxylic acids is 1. The highest BCUT2D eigenvalue weighted by molar-refractivity contribution is 5.86. The number of amides is 1. The molecule has 0 aliphatic carbocycles. The highest BCUT2D eigenvalue weighted by atomic mass is 16.5. The lowest BCUT2D eigenvalue weighted by atomic mass is 10.2. The van der Waals surface area contributed by atoms with Crippen LogP contribution in [0.25, 0.3) is 0 Å². The lowest BCUT2D eigenvalue weighted by Crippen LogP contribution is -2.12. The summed E-state index contributed by atoms with van der Waals surface area (Å²) < 4.78 is 4.63. The zero-order chi connectivity index (χ0) is 18.5. The molecule has 0 fully saturated rings. The van der Waals surface area contributed by atoms with Crippen molar-refractivity contribution in [2.45, 2.75) is 13.8 Å². The van der Waals surface area contributed by atoms with Crippen molar-refractivity contribution in [3.05, 3.63) is 47.9 Å². The minimum atomic E-state index is -0.523. The minimum Gasteiger partial charge on any atom is -0.453 e. The zero-order valence-corrected chi connectivity index (χ0v) is 14.6. The van der Waals surface area contributed by atoms with Crippen LogP contribution in [0.3, 0.4) is 0 Å². The molecule has 3 aromatic rings. The number of benzene rings is 1. The van der Waals surface area contributed by atoms with Gasteiger partial charge in [0.15, 0.2) is 17.5 Å². The van der Waals surface area contributed by atoms with E-state index in [0.29, 0.717) is 23.1 Å². The van der Waals surface area contributed by atoms with Gasteiger partial charge in [-0.2, -0.15) is 5.10 Å². The summed E-state index contributed by atoms with van der Waals surface area (Å²) in [7, 11) is 1.32. The predicted octanol–water partition coefficient (Wildman–Crippen LogP) is 3.48. The number of nitrogens with zero attached hydrogens (tertiary/aromatic N) is 3. The van der Waals surface area contributed by atoms with Gasteiger partial charge in [0.1, 0.15) is 0 Å². The molecule has 0 bridgehead atoms. The summed E-state index contributed by atoms with van der Waals surface area (Å²) in [6.45, 7) is 3.81. The minimum absolute atomic E-state index is 0.523. The Kier molecular flexibility index (Phi) is 4.97. The topological polar surface area (TPSA) is 117 Å². The van der Waals surface area contributed by atoms with Crippen LogP contribution in [-0.4, -0.2) is 33.4 Å². The standard InChI is InChI=1S/C17H19N7O2/c1-10-4-5-12(7-13(10)20-17(25)26-3)19-15-8-18-9-16(22-15)21-14-6-11(2)23-24-14/h4-9H,1-3H3,(H,20,25)(H3,19,21,22,23,24). The smallest absolute Gasteiger partial charge is 0.411 e. The molecule has 2 heterocycles. The van der Waals surface area contributed by atoms with Gasteiger partial charge in [-0.05, 0) is 31.5 Å². The molecule has 0 atom stereocenters. The van der Waals surface area contributed by atoms with E-state index in [1.54, 1.807) is 18.5 Å². The van der Waals surface area contributed by atoms with Crippen molar-refractivity contribution in [2.24, 2.45) is 0 Å². The van der Waals surface area contributed by atoms with Crippen LogP contribution >= 0.6 is 0 Å². The number of anilines is 5. The number of ether oxygens (including phenoxy) is 1. The van der Waals surface area contributed by atoms with Gasteiger partial charge in [0.05, 0.1) is 19.5 Å². The Morgan fingerprint density at radius 3 is 2.54 bits per heavy atom. The monoisotopic (exact) mass is 353 g/mol. The molecule has 0 saturated heterocycles. The average molecular weight is 353 g/mol. The lowest BCUT2D eigenvalue weighted by molar-refractivity contribution is 0.187. The molecular formula is C17H19N7O2. The fourth-order valence-electron chi connectivity index (χ4n) is 2.24. The number of aryl methyl sites for hydroxylation is 2. The number of rotatable bonds is 5. The molecule has 0 aliphatic rings. The molecular weight excluding hydrogens is 334 g/mol. The van der Waals surface area contributed by atoms with Crippen LogP contribution in [0.1, 0.15) is 11.3 Å². The van der Waals surface area contributed by atoms with Crippen LogP contribution in [0.15, 0.2) is 36.7 Å². The Labute approximate surface area is 150 Å². The maximum Gasteiger partial charge on any atom is 0.411 e. The Morgan fingerprint density at radius 2 is 1.85 bits per heavy atom. The highest BCUT2D eigenvalue weighted by Gasteiger charge is 2.07. The summed E-state index contributed by atoms with van der Waals surface area (Å²) >= 11 is 0. The van der Waals surface area contributed by atoms with E-state index in [4.69, 9.17) is 0 Å². The van der Waals surface area contributed by atoms with Crippen LogP contribution in [0.5, 0.6) is 0 Å². The normalized spacial score (nSPS) is 10.3.